The summed E-state index contributed by atoms with van der Waals surface area (Å²) in [5.74, 6) is -0.126. The van der Waals surface area contributed by atoms with E-state index in [0.29, 0.717) is 30.2 Å². The molecule has 0 saturated heterocycles. The Morgan fingerprint density at radius 3 is 2.06 bits per heavy atom. The number of esters is 1. The van der Waals surface area contributed by atoms with E-state index in [1.807, 2.05) is 67.6 Å². The lowest BCUT2D eigenvalue weighted by atomic mass is 10.2. The van der Waals surface area contributed by atoms with E-state index < -0.39 is 11.9 Å². The van der Waals surface area contributed by atoms with Crippen LogP contribution in [0.1, 0.15) is 22.8 Å². The maximum Gasteiger partial charge on any atom is 0.325 e. The fourth-order valence-electron chi connectivity index (χ4n) is 3.02. The van der Waals surface area contributed by atoms with E-state index in [-0.39, 0.29) is 19.1 Å². The number of benzene rings is 3. The Kier molecular flexibility index (Phi) is 8.59. The van der Waals surface area contributed by atoms with Crippen molar-refractivity contribution in [3.63, 3.8) is 0 Å². The third-order valence-corrected chi connectivity index (χ3v) is 4.80. The van der Waals surface area contributed by atoms with Crippen LogP contribution in [0.3, 0.4) is 0 Å². The normalized spacial score (nSPS) is 10.2. The van der Waals surface area contributed by atoms with Crippen molar-refractivity contribution in [3.05, 3.63) is 96.1 Å². The molecule has 0 aliphatic carbocycles. The maximum absolute atomic E-state index is 12.4. The molecule has 0 atom stereocenters. The predicted molar refractivity (Wildman–Crippen MR) is 124 cm³/mol. The molecule has 0 saturated carbocycles. The lowest BCUT2D eigenvalue weighted by molar-refractivity contribution is -0.151. The molecule has 170 valence electrons. The first-order valence-electron chi connectivity index (χ1n) is 10.6. The minimum absolute atomic E-state index is 0.296. The highest BCUT2D eigenvalue weighted by Crippen LogP contribution is 2.21. The number of carbonyl (C=O) groups excluding carboxylic acids is 3. The third kappa shape index (κ3) is 7.50. The Morgan fingerprint density at radius 2 is 1.42 bits per heavy atom. The number of nitrogens with one attached hydrogen (secondary N) is 1. The molecule has 0 fully saturated rings. The van der Waals surface area contributed by atoms with Gasteiger partial charge in [-0.3, -0.25) is 14.4 Å². The maximum atomic E-state index is 12.4. The van der Waals surface area contributed by atoms with Crippen LogP contribution in [0.15, 0.2) is 84.9 Å². The average molecular weight is 447 g/mol. The van der Waals surface area contributed by atoms with E-state index in [9.17, 15) is 14.4 Å². The van der Waals surface area contributed by atoms with Crippen LogP contribution in [-0.2, 0) is 20.9 Å². The summed E-state index contributed by atoms with van der Waals surface area (Å²) in [6.45, 7) is 2.08. The zero-order chi connectivity index (χ0) is 23.5. The van der Waals surface area contributed by atoms with Gasteiger partial charge in [-0.1, -0.05) is 48.5 Å². The molecule has 0 radical (unpaired) electrons. The van der Waals surface area contributed by atoms with E-state index in [1.165, 1.54) is 0 Å². The highest BCUT2D eigenvalue weighted by Gasteiger charge is 2.15. The number of hydrogen-bond acceptors (Lipinski definition) is 5. The number of carbonyl (C=O) groups is 3. The van der Waals surface area contributed by atoms with Gasteiger partial charge in [0.2, 0.25) is 0 Å². The van der Waals surface area contributed by atoms with E-state index in [4.69, 9.17) is 9.47 Å². The molecule has 0 spiro atoms. The Hall–Kier alpha value is -4.13. The van der Waals surface area contributed by atoms with Crippen molar-refractivity contribution in [2.24, 2.45) is 0 Å². The predicted octanol–water partition coefficient (Wildman–Crippen LogP) is 3.80. The molecular formula is C26H26N2O5. The van der Waals surface area contributed by atoms with Gasteiger partial charge >= 0.3 is 5.97 Å². The van der Waals surface area contributed by atoms with E-state index in [1.54, 1.807) is 29.2 Å². The lowest BCUT2D eigenvalue weighted by Gasteiger charge is -2.20. The molecule has 7 heteroatoms. The van der Waals surface area contributed by atoms with Crippen LogP contribution in [0.4, 0.5) is 0 Å². The van der Waals surface area contributed by atoms with Crippen molar-refractivity contribution in [3.8, 4) is 11.5 Å². The van der Waals surface area contributed by atoms with Crippen LogP contribution in [0.25, 0.3) is 0 Å². The number of amides is 2. The second kappa shape index (κ2) is 12.0. The minimum Gasteiger partial charge on any atom is -0.457 e. The van der Waals surface area contributed by atoms with Gasteiger partial charge in [0.1, 0.15) is 18.0 Å². The van der Waals surface area contributed by atoms with Crippen molar-refractivity contribution >= 4 is 17.8 Å². The monoisotopic (exact) mass is 446 g/mol. The fourth-order valence-corrected chi connectivity index (χ4v) is 3.02. The average Bonchev–Trinajstić information content (AvgIpc) is 2.86. The van der Waals surface area contributed by atoms with Crippen LogP contribution < -0.4 is 10.1 Å². The third-order valence-electron chi connectivity index (χ3n) is 4.80. The fraction of sp³-hybridized carbons (Fsp3) is 0.192. The number of hydrogen-bond donors (Lipinski definition) is 1. The van der Waals surface area contributed by atoms with Crippen LogP contribution in [0.2, 0.25) is 0 Å². The standard InChI is InChI=1S/C26H26N2O5/c1-2-28(18-20-9-5-3-6-10-20)24(29)19-32-25(30)17-27-26(31)21-13-15-23(16-14-21)33-22-11-7-4-8-12-22/h3-16H,2,17-19H2,1H3,(H,27,31). The smallest absolute Gasteiger partial charge is 0.325 e. The Labute approximate surface area is 192 Å². The summed E-state index contributed by atoms with van der Waals surface area (Å²) >= 11 is 0. The van der Waals surface area contributed by atoms with E-state index in [0.717, 1.165) is 5.56 Å². The van der Waals surface area contributed by atoms with Crippen molar-refractivity contribution in [1.29, 1.82) is 0 Å². The zero-order valence-electron chi connectivity index (χ0n) is 18.4. The molecule has 2 amide bonds. The molecule has 0 aromatic heterocycles. The number of nitrogens with zero attached hydrogens (tertiary/aromatic N) is 1. The largest absolute Gasteiger partial charge is 0.457 e. The molecule has 3 aromatic rings. The van der Waals surface area contributed by atoms with Crippen LogP contribution >= 0.6 is 0 Å². The van der Waals surface area contributed by atoms with Gasteiger partial charge in [-0.15, -0.1) is 0 Å². The highest BCUT2D eigenvalue weighted by atomic mass is 16.5. The first kappa shape index (κ1) is 23.5. The Bertz CT molecular complexity index is 1050. The van der Waals surface area contributed by atoms with Gasteiger partial charge in [0.05, 0.1) is 0 Å². The van der Waals surface area contributed by atoms with Gasteiger partial charge in [0.25, 0.3) is 11.8 Å². The van der Waals surface area contributed by atoms with Gasteiger partial charge < -0.3 is 19.7 Å². The quantitative estimate of drug-likeness (QED) is 0.479. The van der Waals surface area contributed by atoms with Gasteiger partial charge in [0, 0.05) is 18.7 Å². The summed E-state index contributed by atoms with van der Waals surface area (Å²) in [5, 5.41) is 2.50. The highest BCUT2D eigenvalue weighted by molar-refractivity contribution is 5.96. The number of para-hydroxylation sites is 1. The topological polar surface area (TPSA) is 84.9 Å². The van der Waals surface area contributed by atoms with Crippen molar-refractivity contribution < 1.29 is 23.9 Å². The van der Waals surface area contributed by atoms with Crippen LogP contribution in [-0.4, -0.2) is 42.4 Å². The minimum atomic E-state index is -0.684. The van der Waals surface area contributed by atoms with Gasteiger partial charge in [0.15, 0.2) is 6.61 Å². The SMILES string of the molecule is CCN(Cc1ccccc1)C(=O)COC(=O)CNC(=O)c1ccc(Oc2ccccc2)cc1. The molecule has 7 nitrogen and oxygen atoms in total. The zero-order valence-corrected chi connectivity index (χ0v) is 18.4. The van der Waals surface area contributed by atoms with Crippen LogP contribution in [0.5, 0.6) is 11.5 Å². The molecule has 0 unspecified atom stereocenters. The lowest BCUT2D eigenvalue weighted by Crippen LogP contribution is -2.36. The van der Waals surface area contributed by atoms with Crippen molar-refractivity contribution in [2.45, 2.75) is 13.5 Å². The van der Waals surface area contributed by atoms with Crippen LogP contribution in [0, 0.1) is 0 Å². The number of rotatable bonds is 10. The summed E-state index contributed by atoms with van der Waals surface area (Å²) in [7, 11) is 0. The second-order valence-electron chi connectivity index (χ2n) is 7.18. The van der Waals surface area contributed by atoms with Crippen molar-refractivity contribution in [2.75, 3.05) is 19.7 Å². The second-order valence-corrected chi connectivity index (χ2v) is 7.18. The van der Waals surface area contributed by atoms with Gasteiger partial charge in [-0.2, -0.15) is 0 Å². The van der Waals surface area contributed by atoms with E-state index >= 15 is 0 Å². The summed E-state index contributed by atoms with van der Waals surface area (Å²) in [6, 6.07) is 25.4. The molecule has 0 bridgehead atoms. The summed E-state index contributed by atoms with van der Waals surface area (Å²) in [4.78, 5) is 38.2. The molecule has 33 heavy (non-hydrogen) atoms. The summed E-state index contributed by atoms with van der Waals surface area (Å²) in [6.07, 6.45) is 0. The van der Waals surface area contributed by atoms with Crippen molar-refractivity contribution in [1.82, 2.24) is 10.2 Å². The molecular weight excluding hydrogens is 420 g/mol. The van der Waals surface area contributed by atoms with E-state index in [2.05, 4.69) is 5.32 Å². The molecule has 0 aliphatic heterocycles. The molecule has 0 heterocycles. The Morgan fingerprint density at radius 1 is 0.818 bits per heavy atom. The number of ether oxygens (including phenoxy) is 2. The first-order chi connectivity index (χ1) is 16.0. The Balaban J connectivity index is 1.41. The summed E-state index contributed by atoms with van der Waals surface area (Å²) < 4.78 is 10.7. The van der Waals surface area contributed by atoms with Gasteiger partial charge in [-0.25, -0.2) is 0 Å². The molecule has 3 rings (SSSR count). The molecule has 1 N–H and O–H groups in total. The summed E-state index contributed by atoms with van der Waals surface area (Å²) in [5.41, 5.74) is 1.37. The first-order valence-corrected chi connectivity index (χ1v) is 10.6. The molecule has 3 aromatic carbocycles. The number of likely N-dealkylation sites (N-methyl/N-ethyl adjacent to an activating group) is 1. The van der Waals surface area contributed by atoms with Gasteiger partial charge in [-0.05, 0) is 48.9 Å². The molecule has 0 aliphatic rings.